The van der Waals surface area contributed by atoms with Crippen LogP contribution < -0.4 is 11.5 Å². The van der Waals surface area contributed by atoms with Crippen LogP contribution in [0.4, 0.5) is 0 Å². The maximum atomic E-state index is 6.12. The smallest absolute Gasteiger partial charge is 0.0580 e. The van der Waals surface area contributed by atoms with Crippen molar-refractivity contribution in [3.8, 4) is 0 Å². The van der Waals surface area contributed by atoms with Crippen molar-refractivity contribution in [3.05, 3.63) is 0 Å². The van der Waals surface area contributed by atoms with Gasteiger partial charge in [-0.2, -0.15) is 0 Å². The second-order valence-electron chi connectivity index (χ2n) is 5.21. The highest BCUT2D eigenvalue weighted by Gasteiger charge is 2.25. The first-order valence-corrected chi connectivity index (χ1v) is 6.40. The van der Waals surface area contributed by atoms with Crippen LogP contribution in [0.3, 0.4) is 0 Å². The number of hydrogen-bond acceptors (Lipinski definition) is 3. The van der Waals surface area contributed by atoms with Crippen molar-refractivity contribution in [2.45, 2.75) is 75.7 Å². The lowest BCUT2D eigenvalue weighted by molar-refractivity contribution is -0.0486. The highest BCUT2D eigenvalue weighted by Crippen LogP contribution is 2.26. The Morgan fingerprint density at radius 3 is 1.18 bits per heavy atom. The minimum Gasteiger partial charge on any atom is -0.375 e. The summed E-state index contributed by atoms with van der Waals surface area (Å²) in [7, 11) is 0. The summed E-state index contributed by atoms with van der Waals surface area (Å²) in [4.78, 5) is 0. The highest BCUT2D eigenvalue weighted by molar-refractivity contribution is 5.85. The molecule has 0 aromatic rings. The van der Waals surface area contributed by atoms with Gasteiger partial charge < -0.3 is 16.2 Å². The summed E-state index contributed by atoms with van der Waals surface area (Å²) in [5.41, 5.74) is 11.8. The molecule has 0 spiro atoms. The Morgan fingerprint density at radius 2 is 0.882 bits per heavy atom. The van der Waals surface area contributed by atoms with Gasteiger partial charge in [0.05, 0.1) is 12.2 Å². The van der Waals surface area contributed by atoms with Crippen molar-refractivity contribution < 1.29 is 4.74 Å². The molecule has 3 nitrogen and oxygen atoms in total. The molecule has 0 unspecified atom stereocenters. The van der Waals surface area contributed by atoms with Crippen molar-refractivity contribution in [3.63, 3.8) is 0 Å². The molecule has 0 amide bonds. The van der Waals surface area contributed by atoms with E-state index in [1.807, 2.05) is 0 Å². The molecule has 5 heteroatoms. The predicted molar refractivity (Wildman–Crippen MR) is 76.0 cm³/mol. The van der Waals surface area contributed by atoms with Crippen molar-refractivity contribution in [1.29, 1.82) is 0 Å². The Hall–Kier alpha value is 0.460. The number of halogens is 2. The molecule has 2 fully saturated rings. The van der Waals surface area contributed by atoms with E-state index in [0.717, 1.165) is 51.4 Å². The van der Waals surface area contributed by atoms with Gasteiger partial charge in [0.25, 0.3) is 0 Å². The van der Waals surface area contributed by atoms with Crippen LogP contribution in [-0.4, -0.2) is 24.3 Å². The molecule has 0 atom stereocenters. The molecule has 0 bridgehead atoms. The molecule has 2 aliphatic rings. The van der Waals surface area contributed by atoms with Crippen LogP contribution in [-0.2, 0) is 4.74 Å². The molecule has 4 N–H and O–H groups in total. The largest absolute Gasteiger partial charge is 0.375 e. The fourth-order valence-corrected chi connectivity index (χ4v) is 2.72. The van der Waals surface area contributed by atoms with Gasteiger partial charge in [-0.3, -0.25) is 0 Å². The first-order chi connectivity index (χ1) is 7.24. The minimum absolute atomic E-state index is 0. The van der Waals surface area contributed by atoms with Crippen LogP contribution in [0, 0.1) is 0 Å². The normalized spacial score (nSPS) is 37.8. The Kier molecular flexibility index (Phi) is 8.77. The van der Waals surface area contributed by atoms with Crippen molar-refractivity contribution in [1.82, 2.24) is 0 Å². The minimum atomic E-state index is 0. The zero-order chi connectivity index (χ0) is 10.7. The van der Waals surface area contributed by atoms with Crippen LogP contribution in [0.25, 0.3) is 0 Å². The Balaban J connectivity index is 0.00000128. The second kappa shape index (κ2) is 8.54. The molecule has 0 heterocycles. The lowest BCUT2D eigenvalue weighted by Gasteiger charge is -2.33. The van der Waals surface area contributed by atoms with Crippen LogP contribution >= 0.6 is 24.8 Å². The van der Waals surface area contributed by atoms with Gasteiger partial charge in [-0.1, -0.05) is 0 Å². The molecule has 0 saturated heterocycles. The third kappa shape index (κ3) is 5.75. The molecular weight excluding hydrogens is 259 g/mol. The van der Waals surface area contributed by atoms with Gasteiger partial charge in [-0.15, -0.1) is 24.8 Å². The summed E-state index contributed by atoms with van der Waals surface area (Å²) in [6.07, 6.45) is 10.1. The van der Waals surface area contributed by atoms with Gasteiger partial charge >= 0.3 is 0 Å². The molecule has 0 aliphatic heterocycles. The third-order valence-electron chi connectivity index (χ3n) is 3.82. The van der Waals surface area contributed by atoms with Gasteiger partial charge in [-0.05, 0) is 51.4 Å². The highest BCUT2D eigenvalue weighted by atomic mass is 35.5. The van der Waals surface area contributed by atoms with Gasteiger partial charge in [0.2, 0.25) is 0 Å². The van der Waals surface area contributed by atoms with Crippen LogP contribution in [0.1, 0.15) is 51.4 Å². The van der Waals surface area contributed by atoms with Crippen molar-refractivity contribution in [2.24, 2.45) is 11.5 Å². The first kappa shape index (κ1) is 17.5. The fraction of sp³-hybridized carbons (Fsp3) is 1.00. The standard InChI is InChI=1S/C12H24N2O.2ClH/c13-9-1-5-11(6-2-9)15-12-7-3-10(14)4-8-12;;/h9-12H,1-8,13-14H2;2*1H. The Labute approximate surface area is 117 Å². The molecular formula is C12H26Cl2N2O. The summed E-state index contributed by atoms with van der Waals surface area (Å²) >= 11 is 0. The molecule has 17 heavy (non-hydrogen) atoms. The van der Waals surface area contributed by atoms with E-state index in [-0.39, 0.29) is 24.8 Å². The number of nitrogens with two attached hydrogens (primary N) is 2. The lowest BCUT2D eigenvalue weighted by atomic mass is 9.91. The molecule has 2 saturated carbocycles. The van der Waals surface area contributed by atoms with Gasteiger partial charge in [0.1, 0.15) is 0 Å². The Bertz CT molecular complexity index is 171. The summed E-state index contributed by atoms with van der Waals surface area (Å²) in [5.74, 6) is 0. The van der Waals surface area contributed by atoms with Crippen molar-refractivity contribution in [2.75, 3.05) is 0 Å². The molecule has 0 aromatic heterocycles. The summed E-state index contributed by atoms with van der Waals surface area (Å²) < 4.78 is 6.12. The first-order valence-electron chi connectivity index (χ1n) is 6.40. The van der Waals surface area contributed by atoms with Crippen LogP contribution in [0.15, 0.2) is 0 Å². The summed E-state index contributed by atoms with van der Waals surface area (Å²) in [5, 5.41) is 0. The quantitative estimate of drug-likeness (QED) is 0.819. The monoisotopic (exact) mass is 284 g/mol. The number of ether oxygens (including phenoxy) is 1. The zero-order valence-electron chi connectivity index (χ0n) is 10.3. The van der Waals surface area contributed by atoms with E-state index in [2.05, 4.69) is 0 Å². The van der Waals surface area contributed by atoms with Gasteiger partial charge in [-0.25, -0.2) is 0 Å². The van der Waals surface area contributed by atoms with Gasteiger partial charge in [0.15, 0.2) is 0 Å². The molecule has 0 aromatic carbocycles. The van der Waals surface area contributed by atoms with E-state index in [4.69, 9.17) is 16.2 Å². The molecule has 104 valence electrons. The maximum absolute atomic E-state index is 6.12. The third-order valence-corrected chi connectivity index (χ3v) is 3.82. The van der Waals surface area contributed by atoms with E-state index >= 15 is 0 Å². The SMILES string of the molecule is Cl.Cl.NC1CCC(OC2CCC(N)CC2)CC1. The number of rotatable bonds is 2. The summed E-state index contributed by atoms with van der Waals surface area (Å²) in [6, 6.07) is 0.842. The average molecular weight is 285 g/mol. The van der Waals surface area contributed by atoms with E-state index in [0.29, 0.717) is 24.3 Å². The average Bonchev–Trinajstić information content (AvgIpc) is 2.25. The zero-order valence-corrected chi connectivity index (χ0v) is 12.0. The maximum Gasteiger partial charge on any atom is 0.0580 e. The van der Waals surface area contributed by atoms with Crippen molar-refractivity contribution >= 4 is 24.8 Å². The Morgan fingerprint density at radius 1 is 0.588 bits per heavy atom. The van der Waals surface area contributed by atoms with E-state index in [9.17, 15) is 0 Å². The summed E-state index contributed by atoms with van der Waals surface area (Å²) in [6.45, 7) is 0. The lowest BCUT2D eigenvalue weighted by Crippen LogP contribution is -2.35. The van der Waals surface area contributed by atoms with E-state index in [1.54, 1.807) is 0 Å². The topological polar surface area (TPSA) is 61.3 Å². The van der Waals surface area contributed by atoms with Crippen LogP contribution in [0.5, 0.6) is 0 Å². The van der Waals surface area contributed by atoms with E-state index < -0.39 is 0 Å². The van der Waals surface area contributed by atoms with E-state index in [1.165, 1.54) is 0 Å². The van der Waals surface area contributed by atoms with Gasteiger partial charge in [0, 0.05) is 12.1 Å². The number of hydrogen-bond donors (Lipinski definition) is 2. The molecule has 2 rings (SSSR count). The predicted octanol–water partition coefficient (Wildman–Crippen LogP) is 2.39. The molecule has 2 aliphatic carbocycles. The molecule has 0 radical (unpaired) electrons. The fourth-order valence-electron chi connectivity index (χ4n) is 2.72. The van der Waals surface area contributed by atoms with Crippen LogP contribution in [0.2, 0.25) is 0 Å². The second-order valence-corrected chi connectivity index (χ2v) is 5.21.